The van der Waals surface area contributed by atoms with E-state index in [1.54, 1.807) is 13.2 Å². The van der Waals surface area contributed by atoms with Gasteiger partial charge in [0.15, 0.2) is 11.6 Å². The van der Waals surface area contributed by atoms with Crippen LogP contribution in [0, 0.1) is 5.82 Å². The third kappa shape index (κ3) is 2.85. The Morgan fingerprint density at radius 1 is 1.43 bits per heavy atom. The van der Waals surface area contributed by atoms with Crippen molar-refractivity contribution in [3.63, 3.8) is 0 Å². The number of methoxy groups -OCH3 is 1. The molecule has 0 aromatic heterocycles. The van der Waals surface area contributed by atoms with Gasteiger partial charge in [-0.3, -0.25) is 0 Å². The third-order valence-electron chi connectivity index (χ3n) is 1.55. The first-order valence-electron chi connectivity index (χ1n) is 4.01. The van der Waals surface area contributed by atoms with Gasteiger partial charge in [-0.15, -0.1) is 0 Å². The monoisotopic (exact) mass is 263 g/mol. The summed E-state index contributed by atoms with van der Waals surface area (Å²) in [5.74, 6) is -0.316. The van der Waals surface area contributed by atoms with Gasteiger partial charge < -0.3 is 15.2 Å². The Labute approximate surface area is 90.1 Å². The van der Waals surface area contributed by atoms with Crippen molar-refractivity contribution in [1.29, 1.82) is 0 Å². The molecule has 0 spiro atoms. The smallest absolute Gasteiger partial charge is 0.169 e. The topological polar surface area (TPSA) is 44.5 Å². The number of nitrogens with two attached hydrogens (primary N) is 1. The van der Waals surface area contributed by atoms with E-state index in [0.717, 1.165) is 0 Å². The largest absolute Gasteiger partial charge is 0.487 e. The predicted octanol–water partition coefficient (Wildman–Crippen LogP) is 2.20. The van der Waals surface area contributed by atoms with Gasteiger partial charge in [-0.2, -0.15) is 0 Å². The second-order valence-corrected chi connectivity index (χ2v) is 3.51. The molecule has 0 fully saturated rings. The van der Waals surface area contributed by atoms with Crippen LogP contribution in [0.5, 0.6) is 5.75 Å². The summed E-state index contributed by atoms with van der Waals surface area (Å²) in [5.41, 5.74) is 5.79. The van der Waals surface area contributed by atoms with Gasteiger partial charge >= 0.3 is 0 Å². The lowest BCUT2D eigenvalue weighted by Crippen LogP contribution is -2.06. The molecular weight excluding hydrogens is 253 g/mol. The summed E-state index contributed by atoms with van der Waals surface area (Å²) in [6.07, 6.45) is 0. The number of benzene rings is 1. The van der Waals surface area contributed by atoms with Crippen molar-refractivity contribution in [3.8, 4) is 5.75 Å². The van der Waals surface area contributed by atoms with Crippen LogP contribution in [0.4, 0.5) is 10.1 Å². The van der Waals surface area contributed by atoms with Gasteiger partial charge in [-0.05, 0) is 22.0 Å². The maximum absolute atomic E-state index is 13.3. The van der Waals surface area contributed by atoms with Crippen LogP contribution < -0.4 is 10.5 Å². The number of ether oxygens (including phenoxy) is 2. The number of hydrogen-bond acceptors (Lipinski definition) is 3. The molecular formula is C9H11BrFNO2. The van der Waals surface area contributed by atoms with E-state index >= 15 is 0 Å². The maximum atomic E-state index is 13.3. The first-order chi connectivity index (χ1) is 6.65. The molecule has 5 heteroatoms. The zero-order valence-corrected chi connectivity index (χ0v) is 9.30. The molecule has 0 aliphatic heterocycles. The quantitative estimate of drug-likeness (QED) is 0.669. The average Bonchev–Trinajstić information content (AvgIpc) is 2.09. The Bertz CT molecular complexity index is 297. The van der Waals surface area contributed by atoms with E-state index in [1.165, 1.54) is 6.07 Å². The van der Waals surface area contributed by atoms with Crippen molar-refractivity contribution in [1.82, 2.24) is 0 Å². The minimum atomic E-state index is -0.479. The average molecular weight is 264 g/mol. The Kier molecular flexibility index (Phi) is 4.16. The number of nitrogen functional groups attached to an aromatic ring is 1. The van der Waals surface area contributed by atoms with Crippen molar-refractivity contribution in [2.75, 3.05) is 26.1 Å². The Morgan fingerprint density at radius 2 is 2.14 bits per heavy atom. The summed E-state index contributed by atoms with van der Waals surface area (Å²) >= 11 is 3.16. The van der Waals surface area contributed by atoms with Crippen molar-refractivity contribution in [2.24, 2.45) is 0 Å². The molecule has 1 aromatic rings. The Hall–Kier alpha value is -0.810. The highest BCUT2D eigenvalue weighted by Gasteiger charge is 2.09. The van der Waals surface area contributed by atoms with E-state index in [-0.39, 0.29) is 5.75 Å². The van der Waals surface area contributed by atoms with E-state index in [0.29, 0.717) is 23.4 Å². The molecule has 0 bridgehead atoms. The summed E-state index contributed by atoms with van der Waals surface area (Å²) in [6, 6.07) is 2.80. The maximum Gasteiger partial charge on any atom is 0.169 e. The van der Waals surface area contributed by atoms with E-state index < -0.39 is 5.82 Å². The molecule has 0 amide bonds. The molecule has 14 heavy (non-hydrogen) atoms. The third-order valence-corrected chi connectivity index (χ3v) is 2.14. The lowest BCUT2D eigenvalue weighted by molar-refractivity contribution is 0.143. The van der Waals surface area contributed by atoms with Crippen LogP contribution in [0.15, 0.2) is 16.6 Å². The minimum Gasteiger partial charge on any atom is -0.487 e. The van der Waals surface area contributed by atoms with Crippen molar-refractivity contribution < 1.29 is 13.9 Å². The van der Waals surface area contributed by atoms with Crippen LogP contribution in [0.3, 0.4) is 0 Å². The molecule has 0 aliphatic carbocycles. The Morgan fingerprint density at radius 3 is 2.71 bits per heavy atom. The van der Waals surface area contributed by atoms with Gasteiger partial charge in [0.05, 0.1) is 11.1 Å². The van der Waals surface area contributed by atoms with Crippen LogP contribution in [-0.4, -0.2) is 20.3 Å². The summed E-state index contributed by atoms with van der Waals surface area (Å²) < 4.78 is 23.7. The van der Waals surface area contributed by atoms with Gasteiger partial charge in [0.2, 0.25) is 0 Å². The van der Waals surface area contributed by atoms with Gasteiger partial charge in [0, 0.05) is 18.9 Å². The molecule has 1 aromatic carbocycles. The summed E-state index contributed by atoms with van der Waals surface area (Å²) in [7, 11) is 1.55. The summed E-state index contributed by atoms with van der Waals surface area (Å²) in [6.45, 7) is 0.714. The molecule has 0 atom stereocenters. The zero-order chi connectivity index (χ0) is 10.6. The molecule has 0 saturated heterocycles. The van der Waals surface area contributed by atoms with E-state index in [9.17, 15) is 4.39 Å². The lowest BCUT2D eigenvalue weighted by Gasteiger charge is -2.09. The fourth-order valence-corrected chi connectivity index (χ4v) is 1.51. The molecule has 0 saturated carbocycles. The first kappa shape index (κ1) is 11.3. The van der Waals surface area contributed by atoms with Gasteiger partial charge in [-0.25, -0.2) is 4.39 Å². The van der Waals surface area contributed by atoms with E-state index in [1.807, 2.05) is 0 Å². The number of hydrogen-bond donors (Lipinski definition) is 1. The first-order valence-corrected chi connectivity index (χ1v) is 4.80. The standard InChI is InChI=1S/C9H11BrFNO2/c1-13-2-3-14-9-7(10)4-6(12)5-8(9)11/h4-5H,2-3,12H2,1H3. The van der Waals surface area contributed by atoms with Crippen LogP contribution >= 0.6 is 15.9 Å². The van der Waals surface area contributed by atoms with Gasteiger partial charge in [0.25, 0.3) is 0 Å². The highest BCUT2D eigenvalue weighted by atomic mass is 79.9. The predicted molar refractivity (Wildman–Crippen MR) is 55.9 cm³/mol. The molecule has 78 valence electrons. The lowest BCUT2D eigenvalue weighted by atomic mass is 10.3. The van der Waals surface area contributed by atoms with Crippen molar-refractivity contribution in [3.05, 3.63) is 22.4 Å². The number of rotatable bonds is 4. The molecule has 1 rings (SSSR count). The zero-order valence-electron chi connectivity index (χ0n) is 7.72. The van der Waals surface area contributed by atoms with Crippen molar-refractivity contribution >= 4 is 21.6 Å². The normalized spacial score (nSPS) is 10.2. The fourth-order valence-electron chi connectivity index (χ4n) is 0.944. The summed E-state index contributed by atoms with van der Waals surface area (Å²) in [5, 5.41) is 0. The molecule has 0 radical (unpaired) electrons. The van der Waals surface area contributed by atoms with Crippen LogP contribution in [-0.2, 0) is 4.74 Å². The van der Waals surface area contributed by atoms with Crippen LogP contribution in [0.2, 0.25) is 0 Å². The summed E-state index contributed by atoms with van der Waals surface area (Å²) in [4.78, 5) is 0. The van der Waals surface area contributed by atoms with E-state index in [2.05, 4.69) is 15.9 Å². The molecule has 0 unspecified atom stereocenters. The second kappa shape index (κ2) is 5.17. The molecule has 0 heterocycles. The van der Waals surface area contributed by atoms with Crippen LogP contribution in [0.1, 0.15) is 0 Å². The van der Waals surface area contributed by atoms with E-state index in [4.69, 9.17) is 15.2 Å². The molecule has 0 aliphatic rings. The second-order valence-electron chi connectivity index (χ2n) is 2.65. The molecule has 3 nitrogen and oxygen atoms in total. The van der Waals surface area contributed by atoms with Crippen LogP contribution in [0.25, 0.3) is 0 Å². The van der Waals surface area contributed by atoms with Crippen molar-refractivity contribution in [2.45, 2.75) is 0 Å². The SMILES string of the molecule is COCCOc1c(F)cc(N)cc1Br. The minimum absolute atomic E-state index is 0.163. The molecule has 2 N–H and O–H groups in total. The Balaban J connectivity index is 2.75. The van der Waals surface area contributed by atoms with Gasteiger partial charge in [-0.1, -0.05) is 0 Å². The fraction of sp³-hybridized carbons (Fsp3) is 0.333. The van der Waals surface area contributed by atoms with Gasteiger partial charge in [0.1, 0.15) is 6.61 Å². The number of anilines is 1. The highest BCUT2D eigenvalue weighted by molar-refractivity contribution is 9.10. The highest BCUT2D eigenvalue weighted by Crippen LogP contribution is 2.30. The number of halogens is 2.